The SMILES string of the molecule is Cc1cccc2c1C1CCC3(C)C(CCC4C5(C)CCCC(C)(C)C5CCC43C)C1(C)C2. The molecule has 4 fully saturated rings. The highest BCUT2D eigenvalue weighted by molar-refractivity contribution is 5.45. The Morgan fingerprint density at radius 1 is 0.688 bits per heavy atom. The van der Waals surface area contributed by atoms with Gasteiger partial charge in [0.15, 0.2) is 0 Å². The van der Waals surface area contributed by atoms with Gasteiger partial charge in [-0.25, -0.2) is 0 Å². The summed E-state index contributed by atoms with van der Waals surface area (Å²) in [5.74, 6) is 3.56. The zero-order chi connectivity index (χ0) is 22.7. The second kappa shape index (κ2) is 6.46. The van der Waals surface area contributed by atoms with Crippen molar-refractivity contribution in [1.29, 1.82) is 0 Å². The first-order chi connectivity index (χ1) is 15.0. The van der Waals surface area contributed by atoms with Gasteiger partial charge < -0.3 is 0 Å². The summed E-state index contributed by atoms with van der Waals surface area (Å²) in [6.07, 6.45) is 14.6. The Bertz CT molecular complexity index is 939. The predicted molar refractivity (Wildman–Crippen MR) is 136 cm³/mol. The highest BCUT2D eigenvalue weighted by Gasteiger charge is 2.69. The van der Waals surface area contributed by atoms with Crippen molar-refractivity contribution in [1.82, 2.24) is 0 Å². The van der Waals surface area contributed by atoms with E-state index < -0.39 is 0 Å². The fraction of sp³-hybridized carbons (Fsp3) is 0.812. The molecule has 0 heterocycles. The number of benzene rings is 1. The van der Waals surface area contributed by atoms with Gasteiger partial charge >= 0.3 is 0 Å². The van der Waals surface area contributed by atoms with Crippen molar-refractivity contribution in [3.8, 4) is 0 Å². The minimum absolute atomic E-state index is 0.471. The van der Waals surface area contributed by atoms with Gasteiger partial charge in [0.05, 0.1) is 0 Å². The topological polar surface area (TPSA) is 0 Å². The highest BCUT2D eigenvalue weighted by atomic mass is 14.7. The molecule has 32 heavy (non-hydrogen) atoms. The quantitative estimate of drug-likeness (QED) is 0.383. The van der Waals surface area contributed by atoms with Crippen LogP contribution in [0.25, 0.3) is 0 Å². The number of hydrogen-bond acceptors (Lipinski definition) is 0. The average molecular weight is 433 g/mol. The molecule has 5 aliphatic carbocycles. The lowest BCUT2D eigenvalue weighted by molar-refractivity contribution is -0.235. The summed E-state index contributed by atoms with van der Waals surface area (Å²) in [6, 6.07) is 7.16. The molecule has 0 aliphatic heterocycles. The van der Waals surface area contributed by atoms with E-state index in [0.29, 0.717) is 27.1 Å². The molecule has 6 rings (SSSR count). The van der Waals surface area contributed by atoms with Crippen LogP contribution in [0, 0.1) is 51.8 Å². The van der Waals surface area contributed by atoms with E-state index in [4.69, 9.17) is 0 Å². The number of fused-ring (bicyclic) bond motifs is 9. The van der Waals surface area contributed by atoms with Crippen molar-refractivity contribution >= 4 is 0 Å². The Kier molecular flexibility index (Phi) is 4.38. The second-order valence-corrected chi connectivity index (χ2v) is 14.9. The van der Waals surface area contributed by atoms with Gasteiger partial charge in [0.2, 0.25) is 0 Å². The molecule has 0 amide bonds. The average Bonchev–Trinajstić information content (AvgIpc) is 3.01. The van der Waals surface area contributed by atoms with E-state index in [1.165, 1.54) is 64.2 Å². The normalized spacial score (nSPS) is 51.1. The van der Waals surface area contributed by atoms with Gasteiger partial charge in [0.1, 0.15) is 0 Å². The summed E-state index contributed by atoms with van der Waals surface area (Å²) < 4.78 is 0. The summed E-state index contributed by atoms with van der Waals surface area (Å²) >= 11 is 0. The Hall–Kier alpha value is -0.780. The van der Waals surface area contributed by atoms with Gasteiger partial charge in [0, 0.05) is 0 Å². The number of rotatable bonds is 0. The van der Waals surface area contributed by atoms with Crippen molar-refractivity contribution in [2.75, 3.05) is 0 Å². The highest BCUT2D eigenvalue weighted by Crippen LogP contribution is 2.77. The van der Waals surface area contributed by atoms with Crippen LogP contribution in [-0.2, 0) is 6.42 Å². The lowest BCUT2D eigenvalue weighted by atomic mass is 9.32. The van der Waals surface area contributed by atoms with Crippen molar-refractivity contribution in [2.24, 2.45) is 44.8 Å². The molecule has 0 radical (unpaired) electrons. The van der Waals surface area contributed by atoms with E-state index >= 15 is 0 Å². The maximum absolute atomic E-state index is 2.80. The van der Waals surface area contributed by atoms with Crippen molar-refractivity contribution in [3.63, 3.8) is 0 Å². The van der Waals surface area contributed by atoms with Crippen LogP contribution in [0.15, 0.2) is 18.2 Å². The molecule has 0 spiro atoms. The van der Waals surface area contributed by atoms with Gasteiger partial charge in [-0.1, -0.05) is 66.2 Å². The standard InChI is InChI=1S/C32H48/c1-21-10-8-11-22-20-30(5)23(27(21)22)14-18-31(6)26(30)13-12-25-29(4)17-9-16-28(2,3)24(29)15-19-32(25,31)7/h8,10-11,23-26H,9,12-20H2,1-7H3. The van der Waals surface area contributed by atoms with Gasteiger partial charge in [0.25, 0.3) is 0 Å². The van der Waals surface area contributed by atoms with Crippen LogP contribution < -0.4 is 0 Å². The molecule has 0 N–H and O–H groups in total. The van der Waals surface area contributed by atoms with Crippen molar-refractivity contribution < 1.29 is 0 Å². The molecule has 4 saturated carbocycles. The van der Waals surface area contributed by atoms with Gasteiger partial charge in [-0.15, -0.1) is 0 Å². The summed E-state index contributed by atoms with van der Waals surface area (Å²) in [4.78, 5) is 0. The Morgan fingerprint density at radius 2 is 1.34 bits per heavy atom. The minimum atomic E-state index is 0.471. The summed E-state index contributed by atoms with van der Waals surface area (Å²) in [5, 5.41) is 0. The molecule has 176 valence electrons. The zero-order valence-electron chi connectivity index (χ0n) is 22.1. The molecular weight excluding hydrogens is 384 g/mol. The smallest absolute Gasteiger partial charge is 0.00964 e. The van der Waals surface area contributed by atoms with Gasteiger partial charge in [-0.2, -0.15) is 0 Å². The molecule has 1 aromatic rings. The second-order valence-electron chi connectivity index (χ2n) is 14.9. The fourth-order valence-corrected chi connectivity index (χ4v) is 12.1. The molecule has 5 aliphatic rings. The largest absolute Gasteiger partial charge is 0.0617 e. The van der Waals surface area contributed by atoms with E-state index in [1.54, 1.807) is 16.7 Å². The van der Waals surface area contributed by atoms with Crippen molar-refractivity contribution in [2.45, 2.75) is 119 Å². The lowest BCUT2D eigenvalue weighted by Gasteiger charge is -2.73. The van der Waals surface area contributed by atoms with E-state index in [-0.39, 0.29) is 0 Å². The van der Waals surface area contributed by atoms with Crippen LogP contribution in [-0.4, -0.2) is 0 Å². The van der Waals surface area contributed by atoms with Crippen LogP contribution in [0.2, 0.25) is 0 Å². The first-order valence-corrected chi connectivity index (χ1v) is 14.1. The molecule has 1 aromatic carbocycles. The maximum atomic E-state index is 2.80. The first-order valence-electron chi connectivity index (χ1n) is 14.1. The van der Waals surface area contributed by atoms with E-state index in [0.717, 1.165) is 23.7 Å². The van der Waals surface area contributed by atoms with Crippen LogP contribution in [0.4, 0.5) is 0 Å². The third kappa shape index (κ3) is 2.41. The molecule has 0 bridgehead atoms. The Labute approximate surface area is 198 Å². The summed E-state index contributed by atoms with van der Waals surface area (Å²) in [5.41, 5.74) is 7.62. The van der Waals surface area contributed by atoms with Crippen LogP contribution >= 0.6 is 0 Å². The van der Waals surface area contributed by atoms with E-state index in [2.05, 4.69) is 66.7 Å². The molecule has 0 nitrogen and oxygen atoms in total. The number of hydrogen-bond donors (Lipinski definition) is 0. The third-order valence-corrected chi connectivity index (χ3v) is 13.5. The molecule has 0 saturated heterocycles. The van der Waals surface area contributed by atoms with E-state index in [9.17, 15) is 0 Å². The van der Waals surface area contributed by atoms with Crippen LogP contribution in [0.5, 0.6) is 0 Å². The Balaban J connectivity index is 1.41. The van der Waals surface area contributed by atoms with Gasteiger partial charge in [-0.05, 0) is 132 Å². The molecule has 8 atom stereocenters. The summed E-state index contributed by atoms with van der Waals surface area (Å²) in [7, 11) is 0. The summed E-state index contributed by atoms with van der Waals surface area (Å²) in [6.45, 7) is 18.7. The minimum Gasteiger partial charge on any atom is -0.0617 e. The van der Waals surface area contributed by atoms with Crippen molar-refractivity contribution in [3.05, 3.63) is 34.9 Å². The first kappa shape index (κ1) is 21.7. The van der Waals surface area contributed by atoms with Crippen LogP contribution in [0.1, 0.15) is 122 Å². The lowest BCUT2D eigenvalue weighted by Crippen LogP contribution is -2.65. The maximum Gasteiger partial charge on any atom is -0.00964 e. The fourth-order valence-electron chi connectivity index (χ4n) is 12.1. The Morgan fingerprint density at radius 3 is 2.06 bits per heavy atom. The van der Waals surface area contributed by atoms with Gasteiger partial charge in [-0.3, -0.25) is 0 Å². The third-order valence-electron chi connectivity index (χ3n) is 13.5. The van der Waals surface area contributed by atoms with Crippen LogP contribution in [0.3, 0.4) is 0 Å². The van der Waals surface area contributed by atoms with E-state index in [1.807, 2.05) is 0 Å². The number of aryl methyl sites for hydroxylation is 1. The molecule has 0 aromatic heterocycles. The molecule has 0 heteroatoms. The predicted octanol–water partition coefficient (Wildman–Crippen LogP) is 9.10. The molecular formula is C32H48. The zero-order valence-corrected chi connectivity index (χ0v) is 22.1. The monoisotopic (exact) mass is 432 g/mol. The molecule has 8 unspecified atom stereocenters.